The van der Waals surface area contributed by atoms with Crippen molar-refractivity contribution in [3.63, 3.8) is 0 Å². The Labute approximate surface area is 206 Å². The number of carboxylic acid groups (broad SMARTS) is 1. The molecule has 2 atom stereocenters. The van der Waals surface area contributed by atoms with Gasteiger partial charge in [-0.05, 0) is 63.2 Å². The molecule has 0 aliphatic carbocycles. The lowest BCUT2D eigenvalue weighted by Crippen LogP contribution is -2.46. The van der Waals surface area contributed by atoms with Gasteiger partial charge in [0.25, 0.3) is 0 Å². The molecule has 12 heteroatoms. The molecule has 8 nitrogen and oxygen atoms in total. The molecule has 2 aliphatic rings. The Morgan fingerprint density at radius 1 is 1.23 bits per heavy atom. The number of aromatic nitrogens is 1. The van der Waals surface area contributed by atoms with E-state index >= 15 is 0 Å². The molecule has 3 rings (SSSR count). The van der Waals surface area contributed by atoms with Crippen LogP contribution in [0.2, 0.25) is 5.15 Å². The Balaban J connectivity index is 1.64. The number of halogens is 4. The number of alkyl halides is 3. The molecule has 194 valence electrons. The second-order valence-corrected chi connectivity index (χ2v) is 9.56. The molecule has 0 radical (unpaired) electrons. The summed E-state index contributed by atoms with van der Waals surface area (Å²) in [6.45, 7) is 2.63. The fraction of sp³-hybridized carbons (Fsp3) is 0.652. The summed E-state index contributed by atoms with van der Waals surface area (Å²) in [6.07, 6.45) is -0.994. The summed E-state index contributed by atoms with van der Waals surface area (Å²) >= 11 is 5.74. The highest BCUT2D eigenvalue weighted by Gasteiger charge is 2.34. The second kappa shape index (κ2) is 12.0. The number of aliphatic carboxylic acids is 1. The van der Waals surface area contributed by atoms with Gasteiger partial charge in [-0.15, -0.1) is 0 Å². The van der Waals surface area contributed by atoms with E-state index < -0.39 is 47.1 Å². The maximum atomic E-state index is 13.2. The first-order valence-electron chi connectivity index (χ1n) is 11.8. The first-order valence-corrected chi connectivity index (χ1v) is 12.2. The van der Waals surface area contributed by atoms with E-state index in [-0.39, 0.29) is 18.1 Å². The van der Waals surface area contributed by atoms with Gasteiger partial charge in [0.1, 0.15) is 5.15 Å². The Hall–Kier alpha value is -2.40. The lowest BCUT2D eigenvalue weighted by atomic mass is 9.92. The summed E-state index contributed by atoms with van der Waals surface area (Å²) < 4.78 is 39.6. The second-order valence-electron chi connectivity index (χ2n) is 9.17. The minimum atomic E-state index is -4.71. The molecule has 0 saturated carbocycles. The number of hydrogen-bond donors (Lipinski definition) is 3. The molecular formula is C23H30ClF3N4O4. The Kier molecular flexibility index (Phi) is 9.34. The molecule has 0 aromatic carbocycles. The van der Waals surface area contributed by atoms with Crippen molar-refractivity contribution < 1.29 is 32.7 Å². The van der Waals surface area contributed by atoms with E-state index in [4.69, 9.17) is 11.6 Å². The molecule has 2 saturated heterocycles. The van der Waals surface area contributed by atoms with Crippen molar-refractivity contribution in [3.8, 4) is 0 Å². The van der Waals surface area contributed by atoms with Crippen LogP contribution in [0.3, 0.4) is 0 Å². The predicted molar refractivity (Wildman–Crippen MR) is 122 cm³/mol. The lowest BCUT2D eigenvalue weighted by Gasteiger charge is -2.33. The van der Waals surface area contributed by atoms with Crippen molar-refractivity contribution in [2.45, 2.75) is 57.2 Å². The van der Waals surface area contributed by atoms with E-state index in [0.29, 0.717) is 43.9 Å². The van der Waals surface area contributed by atoms with E-state index in [1.54, 1.807) is 4.90 Å². The molecule has 35 heavy (non-hydrogen) atoms. The first-order chi connectivity index (χ1) is 16.5. The number of nitrogens with zero attached hydrogens (tertiary/aromatic N) is 2. The molecule has 0 spiro atoms. The molecular weight excluding hydrogens is 489 g/mol. The van der Waals surface area contributed by atoms with Crippen molar-refractivity contribution >= 4 is 29.4 Å². The van der Waals surface area contributed by atoms with Gasteiger partial charge in [0, 0.05) is 19.5 Å². The Bertz CT molecular complexity index is 925. The largest absolute Gasteiger partial charge is 0.481 e. The van der Waals surface area contributed by atoms with E-state index in [1.165, 1.54) is 0 Å². The number of pyridine rings is 1. The average molecular weight is 519 g/mol. The molecule has 2 aliphatic heterocycles. The standard InChI is InChI=1S/C23H30ClF3N4O4/c24-19-11-16(23(25,26)27)10-17(29-19)18(12-21(33)34)30-22(35)15-2-1-9-31(13-15)20(32)4-3-14-5-7-28-8-6-14/h10-11,14-15,18,28H,1-9,12-13H2,(H,30,35)(H,33,34)/t15-,18+/m1/s1. The number of piperidine rings is 2. The van der Waals surface area contributed by atoms with Gasteiger partial charge in [0.2, 0.25) is 11.8 Å². The van der Waals surface area contributed by atoms with Crippen LogP contribution in [0, 0.1) is 11.8 Å². The van der Waals surface area contributed by atoms with Gasteiger partial charge in [-0.1, -0.05) is 11.6 Å². The minimum Gasteiger partial charge on any atom is -0.481 e. The Morgan fingerprint density at radius 3 is 2.60 bits per heavy atom. The number of carbonyl (C=O) groups excluding carboxylic acids is 2. The molecule has 1 aromatic heterocycles. The monoisotopic (exact) mass is 518 g/mol. The fourth-order valence-electron chi connectivity index (χ4n) is 4.63. The highest BCUT2D eigenvalue weighted by Crippen LogP contribution is 2.33. The number of nitrogens with one attached hydrogen (secondary N) is 2. The van der Waals surface area contributed by atoms with Gasteiger partial charge in [0.05, 0.1) is 29.6 Å². The van der Waals surface area contributed by atoms with Crippen LogP contribution in [-0.4, -0.2) is 59.0 Å². The van der Waals surface area contributed by atoms with Crippen molar-refractivity contribution in [2.24, 2.45) is 11.8 Å². The predicted octanol–water partition coefficient (Wildman–Crippen LogP) is 3.40. The van der Waals surface area contributed by atoms with Gasteiger partial charge < -0.3 is 20.6 Å². The normalized spacial score (nSPS) is 20.3. The number of rotatable bonds is 8. The van der Waals surface area contributed by atoms with Crippen LogP contribution in [0.15, 0.2) is 12.1 Å². The average Bonchev–Trinajstić information content (AvgIpc) is 2.81. The van der Waals surface area contributed by atoms with Gasteiger partial charge in [0.15, 0.2) is 0 Å². The minimum absolute atomic E-state index is 0.0190. The highest BCUT2D eigenvalue weighted by atomic mass is 35.5. The number of carboxylic acids is 1. The third kappa shape index (κ3) is 8.06. The fourth-order valence-corrected chi connectivity index (χ4v) is 4.84. The third-order valence-corrected chi connectivity index (χ3v) is 6.76. The summed E-state index contributed by atoms with van der Waals surface area (Å²) in [6, 6.07) is 0.0296. The van der Waals surface area contributed by atoms with Crippen LogP contribution in [0.1, 0.15) is 62.2 Å². The molecule has 2 amide bonds. The first kappa shape index (κ1) is 27.2. The van der Waals surface area contributed by atoms with Crippen molar-refractivity contribution in [1.82, 2.24) is 20.5 Å². The zero-order valence-corrected chi connectivity index (χ0v) is 20.0. The maximum absolute atomic E-state index is 13.2. The summed E-state index contributed by atoms with van der Waals surface area (Å²) in [5.41, 5.74) is -1.37. The van der Waals surface area contributed by atoms with E-state index in [1.807, 2.05) is 0 Å². The van der Waals surface area contributed by atoms with Gasteiger partial charge in [-0.3, -0.25) is 14.4 Å². The van der Waals surface area contributed by atoms with Gasteiger partial charge in [-0.25, -0.2) is 4.98 Å². The van der Waals surface area contributed by atoms with Crippen LogP contribution in [0.5, 0.6) is 0 Å². The molecule has 0 unspecified atom stereocenters. The highest BCUT2D eigenvalue weighted by molar-refractivity contribution is 6.29. The summed E-state index contributed by atoms with van der Waals surface area (Å²) in [5.74, 6) is -1.95. The quantitative estimate of drug-likeness (QED) is 0.455. The number of likely N-dealkylation sites (tertiary alicyclic amines) is 1. The zero-order chi connectivity index (χ0) is 25.6. The summed E-state index contributed by atoms with van der Waals surface area (Å²) in [4.78, 5) is 42.6. The van der Waals surface area contributed by atoms with Crippen LogP contribution < -0.4 is 10.6 Å². The van der Waals surface area contributed by atoms with Crippen molar-refractivity contribution in [3.05, 3.63) is 28.5 Å². The van der Waals surface area contributed by atoms with Gasteiger partial charge >= 0.3 is 12.1 Å². The molecule has 2 fully saturated rings. The van der Waals surface area contributed by atoms with E-state index in [2.05, 4.69) is 15.6 Å². The smallest absolute Gasteiger partial charge is 0.416 e. The van der Waals surface area contributed by atoms with Crippen LogP contribution in [0.4, 0.5) is 13.2 Å². The summed E-state index contributed by atoms with van der Waals surface area (Å²) in [7, 11) is 0. The third-order valence-electron chi connectivity index (χ3n) is 6.56. The molecule has 1 aromatic rings. The lowest BCUT2D eigenvalue weighted by molar-refractivity contribution is -0.138. The van der Waals surface area contributed by atoms with Gasteiger partial charge in [-0.2, -0.15) is 13.2 Å². The van der Waals surface area contributed by atoms with Crippen molar-refractivity contribution in [1.29, 1.82) is 0 Å². The SMILES string of the molecule is O=C(O)C[C@H](NC(=O)[C@@H]1CCCN(C(=O)CCC2CCNCC2)C1)c1cc(C(F)(F)F)cc(Cl)n1. The number of amides is 2. The Morgan fingerprint density at radius 2 is 1.94 bits per heavy atom. The van der Waals surface area contributed by atoms with Crippen LogP contribution >= 0.6 is 11.6 Å². The topological polar surface area (TPSA) is 112 Å². The molecule has 3 N–H and O–H groups in total. The van der Waals surface area contributed by atoms with Crippen LogP contribution in [-0.2, 0) is 20.6 Å². The van der Waals surface area contributed by atoms with Crippen LogP contribution in [0.25, 0.3) is 0 Å². The molecule has 3 heterocycles. The van der Waals surface area contributed by atoms with Crippen molar-refractivity contribution in [2.75, 3.05) is 26.2 Å². The maximum Gasteiger partial charge on any atom is 0.416 e. The molecule has 0 bridgehead atoms. The van der Waals surface area contributed by atoms with E-state index in [9.17, 15) is 32.7 Å². The van der Waals surface area contributed by atoms with E-state index in [0.717, 1.165) is 32.4 Å². The number of hydrogen-bond acceptors (Lipinski definition) is 5. The number of carbonyl (C=O) groups is 3. The summed E-state index contributed by atoms with van der Waals surface area (Å²) in [5, 5.41) is 14.6. The zero-order valence-electron chi connectivity index (χ0n) is 19.2.